The molecule has 1 atom stereocenters. The number of hydrogen-bond donors (Lipinski definition) is 3. The van der Waals surface area contributed by atoms with Crippen LogP contribution in [-0.2, 0) is 17.5 Å². The van der Waals surface area contributed by atoms with Crippen molar-refractivity contribution in [2.24, 2.45) is 5.92 Å². The van der Waals surface area contributed by atoms with Crippen molar-refractivity contribution < 1.29 is 18.2 Å². The van der Waals surface area contributed by atoms with E-state index in [1.165, 1.54) is 0 Å². The number of nitrogens with two attached hydrogens (primary N) is 2. The highest BCUT2D eigenvalue weighted by Crippen LogP contribution is 2.41. The predicted molar refractivity (Wildman–Crippen MR) is 127 cm³/mol. The van der Waals surface area contributed by atoms with Gasteiger partial charge in [-0.2, -0.15) is 4.98 Å². The summed E-state index contributed by atoms with van der Waals surface area (Å²) in [5.74, 6) is 2.14. The van der Waals surface area contributed by atoms with E-state index in [-0.39, 0.29) is 17.6 Å². The van der Waals surface area contributed by atoms with Crippen molar-refractivity contribution in [2.45, 2.75) is 27.2 Å². The fraction of sp³-hybridized carbons (Fsp3) is 0.304. The maximum atomic E-state index is 12.6. The van der Waals surface area contributed by atoms with Gasteiger partial charge in [-0.3, -0.25) is 0 Å². The van der Waals surface area contributed by atoms with Gasteiger partial charge in [-0.25, -0.2) is 9.19 Å². The summed E-state index contributed by atoms with van der Waals surface area (Å²) in [6.07, 6.45) is 2.00. The summed E-state index contributed by atoms with van der Waals surface area (Å²) in [7, 11) is 0. The average Bonchev–Trinajstić information content (AvgIpc) is 2.71. The van der Waals surface area contributed by atoms with Crippen molar-refractivity contribution in [1.29, 1.82) is 0 Å². The summed E-state index contributed by atoms with van der Waals surface area (Å²) in [5, 5.41) is 9.70. The first-order chi connectivity index (χ1) is 15.3. The normalized spacial score (nSPS) is 12.0. The molecule has 0 radical (unpaired) electrons. The first kappa shape index (κ1) is 23.3. The quantitative estimate of drug-likeness (QED) is 0.444. The van der Waals surface area contributed by atoms with E-state index < -0.39 is 11.1 Å². The van der Waals surface area contributed by atoms with Crippen molar-refractivity contribution >= 4 is 22.8 Å². The Bertz CT molecular complexity index is 1100. The maximum Gasteiger partial charge on any atom is 0.221 e. The van der Waals surface area contributed by atoms with Gasteiger partial charge in [-0.05, 0) is 48.2 Å². The monoisotopic (exact) mass is 456 g/mol. The zero-order valence-electron chi connectivity index (χ0n) is 18.4. The average molecular weight is 457 g/mol. The van der Waals surface area contributed by atoms with Crippen molar-refractivity contribution in [3.8, 4) is 28.4 Å². The van der Waals surface area contributed by atoms with Crippen LogP contribution in [0.4, 0.5) is 11.8 Å². The van der Waals surface area contributed by atoms with Crippen LogP contribution in [0.5, 0.6) is 17.2 Å². The second kappa shape index (κ2) is 10.3. The minimum absolute atomic E-state index is 0.108. The smallest absolute Gasteiger partial charge is 0.221 e. The molecule has 8 nitrogen and oxygen atoms in total. The summed E-state index contributed by atoms with van der Waals surface area (Å²) in [6.45, 7) is 6.27. The molecule has 0 saturated heterocycles. The molecule has 0 bridgehead atoms. The Kier molecular flexibility index (Phi) is 7.53. The Balaban J connectivity index is 2.11. The topological polar surface area (TPSA) is 134 Å². The van der Waals surface area contributed by atoms with E-state index in [0.29, 0.717) is 47.2 Å². The summed E-state index contributed by atoms with van der Waals surface area (Å²) in [5.41, 5.74) is 14.6. The third-order valence-corrected chi connectivity index (χ3v) is 5.85. The largest absolute Gasteiger partial charge is 0.508 e. The molecule has 0 aliphatic carbocycles. The molecule has 1 unspecified atom stereocenters. The zero-order valence-corrected chi connectivity index (χ0v) is 19.2. The molecule has 5 N–H and O–H groups in total. The number of aromatic nitrogens is 2. The first-order valence-corrected chi connectivity index (χ1v) is 11.5. The molecule has 0 spiro atoms. The van der Waals surface area contributed by atoms with Gasteiger partial charge >= 0.3 is 0 Å². The van der Waals surface area contributed by atoms with Gasteiger partial charge in [0.2, 0.25) is 17.0 Å². The molecule has 0 saturated carbocycles. The van der Waals surface area contributed by atoms with E-state index in [1.54, 1.807) is 30.5 Å². The standard InChI is InChI=1S/C23H28N4O4S/c1-4-30-19-10-15(9-17-12-26-23(25)27-22(17)24)11-20(31-32(29)13-14(2)3)21(19)16-5-7-18(28)8-6-16/h5-8,10-12,14,28H,4,9,13H2,1-3H3,(H4,24,25,26,27). The maximum absolute atomic E-state index is 12.6. The molecule has 3 aromatic rings. The van der Waals surface area contributed by atoms with Crippen LogP contribution < -0.4 is 20.4 Å². The molecule has 3 rings (SSSR count). The van der Waals surface area contributed by atoms with E-state index in [4.69, 9.17) is 20.4 Å². The lowest BCUT2D eigenvalue weighted by Gasteiger charge is -2.18. The molecular formula is C23H28N4O4S. The Morgan fingerprint density at radius 3 is 2.44 bits per heavy atom. The highest BCUT2D eigenvalue weighted by atomic mass is 32.2. The van der Waals surface area contributed by atoms with Crippen molar-refractivity contribution in [1.82, 2.24) is 9.97 Å². The fourth-order valence-electron chi connectivity index (χ4n) is 3.19. The molecule has 2 aromatic carbocycles. The number of benzene rings is 2. The van der Waals surface area contributed by atoms with Crippen LogP contribution in [0.2, 0.25) is 0 Å². The Labute approximate surface area is 190 Å². The lowest BCUT2D eigenvalue weighted by molar-refractivity contribution is 0.340. The number of ether oxygens (including phenoxy) is 1. The number of phenolic OH excluding ortho intramolecular Hbond substituents is 1. The molecule has 1 aromatic heterocycles. The Morgan fingerprint density at radius 2 is 1.81 bits per heavy atom. The SMILES string of the molecule is CCOc1cc(Cc2cnc(N)nc2N)cc(OS(=O)CC(C)C)c1-c1ccc(O)cc1. The highest BCUT2D eigenvalue weighted by molar-refractivity contribution is 7.80. The van der Waals surface area contributed by atoms with Crippen molar-refractivity contribution in [3.63, 3.8) is 0 Å². The second-order valence-electron chi connectivity index (χ2n) is 7.71. The number of nitrogens with zero attached hydrogens (tertiary/aromatic N) is 2. The van der Waals surface area contributed by atoms with Crippen molar-refractivity contribution in [2.75, 3.05) is 23.8 Å². The predicted octanol–water partition coefficient (Wildman–Crippen LogP) is 3.70. The van der Waals surface area contributed by atoms with Crippen LogP contribution >= 0.6 is 0 Å². The van der Waals surface area contributed by atoms with Crippen LogP contribution in [0.1, 0.15) is 31.9 Å². The lowest BCUT2D eigenvalue weighted by atomic mass is 9.98. The number of nitrogen functional groups attached to an aromatic ring is 2. The van der Waals surface area contributed by atoms with Gasteiger partial charge < -0.3 is 25.5 Å². The number of phenols is 1. The first-order valence-electron chi connectivity index (χ1n) is 10.3. The van der Waals surface area contributed by atoms with Gasteiger partial charge in [0.15, 0.2) is 5.75 Å². The number of aromatic hydroxyl groups is 1. The van der Waals surface area contributed by atoms with Gasteiger partial charge in [-0.1, -0.05) is 26.0 Å². The van der Waals surface area contributed by atoms with Gasteiger partial charge in [-0.15, -0.1) is 0 Å². The number of rotatable bonds is 9. The minimum Gasteiger partial charge on any atom is -0.508 e. The van der Waals surface area contributed by atoms with Gasteiger partial charge in [0, 0.05) is 18.2 Å². The molecule has 0 fully saturated rings. The van der Waals surface area contributed by atoms with Crippen LogP contribution in [0, 0.1) is 5.92 Å². The minimum atomic E-state index is -1.53. The Morgan fingerprint density at radius 1 is 1.12 bits per heavy atom. The Hall–Kier alpha value is -3.33. The number of hydrogen-bond acceptors (Lipinski definition) is 8. The second-order valence-corrected chi connectivity index (χ2v) is 8.82. The van der Waals surface area contributed by atoms with E-state index in [9.17, 15) is 9.32 Å². The molecular weight excluding hydrogens is 428 g/mol. The van der Waals surface area contributed by atoms with E-state index in [1.807, 2.05) is 32.9 Å². The summed E-state index contributed by atoms with van der Waals surface area (Å²) in [4.78, 5) is 8.04. The third kappa shape index (κ3) is 5.88. The molecule has 1 heterocycles. The van der Waals surface area contributed by atoms with Gasteiger partial charge in [0.1, 0.15) is 17.3 Å². The van der Waals surface area contributed by atoms with Crippen LogP contribution in [0.15, 0.2) is 42.6 Å². The number of anilines is 2. The van der Waals surface area contributed by atoms with E-state index in [0.717, 1.165) is 11.1 Å². The summed E-state index contributed by atoms with van der Waals surface area (Å²) in [6, 6.07) is 10.4. The third-order valence-electron chi connectivity index (χ3n) is 4.54. The summed E-state index contributed by atoms with van der Waals surface area (Å²) >= 11 is -1.53. The van der Waals surface area contributed by atoms with Crippen LogP contribution in [-0.4, -0.2) is 31.6 Å². The van der Waals surface area contributed by atoms with Crippen LogP contribution in [0.3, 0.4) is 0 Å². The van der Waals surface area contributed by atoms with Crippen molar-refractivity contribution in [3.05, 3.63) is 53.7 Å². The summed E-state index contributed by atoms with van der Waals surface area (Å²) < 4.78 is 24.5. The molecule has 170 valence electrons. The zero-order chi connectivity index (χ0) is 23.3. The highest BCUT2D eigenvalue weighted by Gasteiger charge is 2.19. The van der Waals surface area contributed by atoms with E-state index in [2.05, 4.69) is 9.97 Å². The lowest BCUT2D eigenvalue weighted by Crippen LogP contribution is -2.11. The fourth-order valence-corrected chi connectivity index (χ4v) is 4.13. The molecule has 0 aliphatic heterocycles. The molecule has 9 heteroatoms. The molecule has 0 amide bonds. The molecule has 0 aliphatic rings. The van der Waals surface area contributed by atoms with E-state index >= 15 is 0 Å². The van der Waals surface area contributed by atoms with Crippen LogP contribution in [0.25, 0.3) is 11.1 Å². The van der Waals surface area contributed by atoms with Gasteiger partial charge in [0.05, 0.1) is 17.9 Å². The molecule has 32 heavy (non-hydrogen) atoms. The van der Waals surface area contributed by atoms with Gasteiger partial charge in [0.25, 0.3) is 0 Å².